The van der Waals surface area contributed by atoms with Crippen LogP contribution in [0.25, 0.3) is 10.9 Å². The zero-order valence-electron chi connectivity index (χ0n) is 12.8. The molecule has 0 fully saturated rings. The van der Waals surface area contributed by atoms with Gasteiger partial charge in [0.05, 0.1) is 35.8 Å². The fraction of sp³-hybridized carbons (Fsp3) is 0.125. The van der Waals surface area contributed by atoms with Crippen molar-refractivity contribution in [3.05, 3.63) is 64.7 Å². The first-order valence-electron chi connectivity index (χ1n) is 7.03. The Balaban J connectivity index is 1.96. The molecule has 0 atom stereocenters. The molecule has 0 amide bonds. The normalized spacial score (nSPS) is 11.6. The fourth-order valence-electron chi connectivity index (χ4n) is 2.36. The summed E-state index contributed by atoms with van der Waals surface area (Å²) in [5, 5.41) is 5.55. The zero-order chi connectivity index (χ0) is 17.3. The van der Waals surface area contributed by atoms with E-state index in [1.165, 1.54) is 23.0 Å². The van der Waals surface area contributed by atoms with E-state index < -0.39 is 10.0 Å². The number of nitrogens with zero attached hydrogens (tertiary/aromatic N) is 2. The number of hydrogen-bond donors (Lipinski definition) is 1. The minimum Gasteiger partial charge on any atom is -0.497 e. The summed E-state index contributed by atoms with van der Waals surface area (Å²) in [5.74, 6) is 0.630. The number of fused-ring (bicyclic) bond motifs is 1. The van der Waals surface area contributed by atoms with E-state index in [1.807, 2.05) is 0 Å². The van der Waals surface area contributed by atoms with Crippen molar-refractivity contribution >= 4 is 20.9 Å². The molecule has 0 spiro atoms. The van der Waals surface area contributed by atoms with Gasteiger partial charge in [0.2, 0.25) is 10.0 Å². The van der Waals surface area contributed by atoms with Crippen LogP contribution in [0.4, 0.5) is 0 Å². The Morgan fingerprint density at radius 1 is 1.17 bits per heavy atom. The smallest absolute Gasteiger partial charge is 0.261 e. The highest BCUT2D eigenvalue weighted by molar-refractivity contribution is 7.89. The maximum Gasteiger partial charge on any atom is 0.261 e. The molecule has 1 aromatic heterocycles. The van der Waals surface area contributed by atoms with Crippen LogP contribution < -0.4 is 15.4 Å². The number of nitrogens with two attached hydrogens (primary N) is 1. The van der Waals surface area contributed by atoms with E-state index >= 15 is 0 Å². The quantitative estimate of drug-likeness (QED) is 0.762. The highest BCUT2D eigenvalue weighted by atomic mass is 32.2. The third kappa shape index (κ3) is 3.15. The van der Waals surface area contributed by atoms with Gasteiger partial charge in [-0.3, -0.25) is 9.36 Å². The molecule has 2 aromatic carbocycles. The van der Waals surface area contributed by atoms with Gasteiger partial charge in [-0.15, -0.1) is 0 Å². The monoisotopic (exact) mass is 345 g/mol. The summed E-state index contributed by atoms with van der Waals surface area (Å²) in [5.41, 5.74) is 1.14. The molecule has 0 saturated heterocycles. The molecule has 0 saturated carbocycles. The summed E-state index contributed by atoms with van der Waals surface area (Å²) in [4.78, 5) is 16.8. The second-order valence-electron chi connectivity index (χ2n) is 5.25. The van der Waals surface area contributed by atoms with Gasteiger partial charge in [-0.1, -0.05) is 12.1 Å². The minimum absolute atomic E-state index is 0.0299. The Morgan fingerprint density at radius 2 is 1.88 bits per heavy atom. The minimum atomic E-state index is -3.73. The molecular weight excluding hydrogens is 330 g/mol. The van der Waals surface area contributed by atoms with Crippen molar-refractivity contribution in [3.8, 4) is 5.75 Å². The first-order valence-corrected chi connectivity index (χ1v) is 8.58. The van der Waals surface area contributed by atoms with Gasteiger partial charge >= 0.3 is 0 Å². The molecule has 3 rings (SSSR count). The summed E-state index contributed by atoms with van der Waals surface area (Å²) < 4.78 is 29.1. The largest absolute Gasteiger partial charge is 0.497 e. The van der Waals surface area contributed by atoms with Crippen molar-refractivity contribution in [3.63, 3.8) is 0 Å². The molecule has 8 heteroatoms. The first kappa shape index (κ1) is 16.2. The van der Waals surface area contributed by atoms with Gasteiger partial charge in [-0.05, 0) is 29.8 Å². The number of ether oxygens (including phenoxy) is 1. The number of rotatable bonds is 4. The predicted molar refractivity (Wildman–Crippen MR) is 89.5 cm³/mol. The highest BCUT2D eigenvalue weighted by Crippen LogP contribution is 2.16. The van der Waals surface area contributed by atoms with Crippen LogP contribution in [0.15, 0.2) is 58.5 Å². The van der Waals surface area contributed by atoms with Gasteiger partial charge in [-0.2, -0.15) is 0 Å². The Labute approximate surface area is 138 Å². The SMILES string of the molecule is COc1ccc2c(=O)n(Cc3ccc(S(N)(=O)=O)cc3)cnc2c1. The number of benzene rings is 2. The molecule has 0 aliphatic carbocycles. The van der Waals surface area contributed by atoms with E-state index in [9.17, 15) is 13.2 Å². The van der Waals surface area contributed by atoms with Crippen LogP contribution in [-0.4, -0.2) is 25.1 Å². The van der Waals surface area contributed by atoms with E-state index in [0.29, 0.717) is 16.7 Å². The van der Waals surface area contributed by atoms with E-state index in [4.69, 9.17) is 9.88 Å². The maximum absolute atomic E-state index is 12.5. The lowest BCUT2D eigenvalue weighted by Gasteiger charge is -2.08. The van der Waals surface area contributed by atoms with Crippen molar-refractivity contribution in [2.45, 2.75) is 11.4 Å². The highest BCUT2D eigenvalue weighted by Gasteiger charge is 2.09. The molecule has 0 radical (unpaired) electrons. The van der Waals surface area contributed by atoms with Gasteiger partial charge in [-0.25, -0.2) is 18.5 Å². The lowest BCUT2D eigenvalue weighted by atomic mass is 10.2. The van der Waals surface area contributed by atoms with E-state index in [2.05, 4.69) is 4.98 Å². The first-order chi connectivity index (χ1) is 11.4. The summed E-state index contributed by atoms with van der Waals surface area (Å²) in [6.07, 6.45) is 1.46. The fourth-order valence-corrected chi connectivity index (χ4v) is 2.87. The summed E-state index contributed by atoms with van der Waals surface area (Å²) in [7, 11) is -2.18. The predicted octanol–water partition coefficient (Wildman–Crippen LogP) is 1.10. The van der Waals surface area contributed by atoms with E-state index in [-0.39, 0.29) is 17.0 Å². The molecule has 2 N–H and O–H groups in total. The van der Waals surface area contributed by atoms with Crippen molar-refractivity contribution in [1.82, 2.24) is 9.55 Å². The van der Waals surface area contributed by atoms with Crippen molar-refractivity contribution in [2.75, 3.05) is 7.11 Å². The number of hydrogen-bond acceptors (Lipinski definition) is 5. The maximum atomic E-state index is 12.5. The Kier molecular flexibility index (Phi) is 4.08. The van der Waals surface area contributed by atoms with Gasteiger partial charge in [0.25, 0.3) is 5.56 Å². The van der Waals surface area contributed by atoms with E-state index in [1.54, 1.807) is 37.4 Å². The second-order valence-corrected chi connectivity index (χ2v) is 6.81. The summed E-state index contributed by atoms with van der Waals surface area (Å²) >= 11 is 0. The molecule has 7 nitrogen and oxygen atoms in total. The second kappa shape index (κ2) is 6.06. The lowest BCUT2D eigenvalue weighted by molar-refractivity contribution is 0.415. The van der Waals surface area contributed by atoms with Crippen molar-refractivity contribution in [1.29, 1.82) is 0 Å². The average molecular weight is 345 g/mol. The number of sulfonamides is 1. The number of aromatic nitrogens is 2. The average Bonchev–Trinajstić information content (AvgIpc) is 2.57. The van der Waals surface area contributed by atoms with Crippen LogP contribution in [-0.2, 0) is 16.6 Å². The molecule has 0 bridgehead atoms. The van der Waals surface area contributed by atoms with Crippen LogP contribution in [0.3, 0.4) is 0 Å². The van der Waals surface area contributed by atoms with Crippen LogP contribution in [0.2, 0.25) is 0 Å². The summed E-state index contributed by atoms with van der Waals surface area (Å²) in [6, 6.07) is 11.1. The number of primary sulfonamides is 1. The zero-order valence-corrected chi connectivity index (χ0v) is 13.7. The molecule has 124 valence electrons. The van der Waals surface area contributed by atoms with Crippen molar-refractivity contribution in [2.24, 2.45) is 5.14 Å². The molecule has 0 unspecified atom stereocenters. The van der Waals surface area contributed by atoms with Crippen LogP contribution in [0, 0.1) is 0 Å². The third-order valence-corrected chi connectivity index (χ3v) is 4.57. The van der Waals surface area contributed by atoms with Gasteiger partial charge in [0.1, 0.15) is 5.75 Å². The molecular formula is C16H15N3O4S. The Bertz CT molecular complexity index is 1060. The topological polar surface area (TPSA) is 104 Å². The number of methoxy groups -OCH3 is 1. The lowest BCUT2D eigenvalue weighted by Crippen LogP contribution is -2.21. The Morgan fingerprint density at radius 3 is 2.50 bits per heavy atom. The van der Waals surface area contributed by atoms with Gasteiger partial charge in [0, 0.05) is 6.07 Å². The van der Waals surface area contributed by atoms with Crippen LogP contribution >= 0.6 is 0 Å². The third-order valence-electron chi connectivity index (χ3n) is 3.64. The van der Waals surface area contributed by atoms with E-state index in [0.717, 1.165) is 5.56 Å². The van der Waals surface area contributed by atoms with Crippen molar-refractivity contribution < 1.29 is 13.2 Å². The van der Waals surface area contributed by atoms with Crippen LogP contribution in [0.1, 0.15) is 5.56 Å². The molecule has 0 aliphatic rings. The molecule has 0 aliphatic heterocycles. The van der Waals surface area contributed by atoms with Gasteiger partial charge < -0.3 is 4.74 Å². The summed E-state index contributed by atoms with van der Waals surface area (Å²) in [6.45, 7) is 0.276. The van der Waals surface area contributed by atoms with Gasteiger partial charge in [0.15, 0.2) is 0 Å². The van der Waals surface area contributed by atoms with Crippen LogP contribution in [0.5, 0.6) is 5.75 Å². The molecule has 1 heterocycles. The molecule has 3 aromatic rings. The Hall–Kier alpha value is -2.71. The molecule has 24 heavy (non-hydrogen) atoms. The standard InChI is InChI=1S/C16H15N3O4S/c1-23-12-4-7-14-15(8-12)18-10-19(16(14)20)9-11-2-5-13(6-3-11)24(17,21)22/h2-8,10H,9H2,1H3,(H2,17,21,22).